The van der Waals surface area contributed by atoms with Crippen LogP contribution < -0.4 is 10.1 Å². The molecule has 0 aliphatic heterocycles. The van der Waals surface area contributed by atoms with Crippen LogP contribution in [-0.2, 0) is 4.74 Å². The van der Waals surface area contributed by atoms with Gasteiger partial charge < -0.3 is 19.9 Å². The summed E-state index contributed by atoms with van der Waals surface area (Å²) in [6.07, 6.45) is 0.870. The number of halogens is 1. The average Bonchev–Trinajstić information content (AvgIpc) is 2.43. The monoisotopic (exact) mass is 313 g/mol. The SMILES string of the molecule is C=CCOC(=O)NC(C)COc1cccc(C(=O)O)c1Cl. The van der Waals surface area contributed by atoms with E-state index in [0.717, 1.165) is 0 Å². The highest BCUT2D eigenvalue weighted by molar-refractivity contribution is 6.34. The first kappa shape index (κ1) is 16.8. The second-order valence-corrected chi connectivity index (χ2v) is 4.54. The van der Waals surface area contributed by atoms with E-state index < -0.39 is 12.1 Å². The van der Waals surface area contributed by atoms with Crippen molar-refractivity contribution in [2.24, 2.45) is 0 Å². The fourth-order valence-electron chi connectivity index (χ4n) is 1.42. The van der Waals surface area contributed by atoms with Crippen LogP contribution in [0.15, 0.2) is 30.9 Å². The van der Waals surface area contributed by atoms with Crippen molar-refractivity contribution in [1.82, 2.24) is 5.32 Å². The van der Waals surface area contributed by atoms with E-state index in [2.05, 4.69) is 11.9 Å². The van der Waals surface area contributed by atoms with E-state index in [4.69, 9.17) is 26.2 Å². The standard InChI is InChI=1S/C14H16ClNO5/c1-3-7-20-14(19)16-9(2)8-21-11-6-4-5-10(12(11)15)13(17)18/h3-6,9H,1,7-8H2,2H3,(H,16,19)(H,17,18). The van der Waals surface area contributed by atoms with Crippen LogP contribution in [0.1, 0.15) is 17.3 Å². The Bertz CT molecular complexity index is 532. The minimum Gasteiger partial charge on any atom is -0.490 e. The molecular formula is C14H16ClNO5. The molecule has 6 nitrogen and oxygen atoms in total. The molecule has 0 aliphatic carbocycles. The van der Waals surface area contributed by atoms with E-state index in [1.807, 2.05) is 0 Å². The Hall–Kier alpha value is -2.21. The molecule has 2 N–H and O–H groups in total. The predicted octanol–water partition coefficient (Wildman–Crippen LogP) is 2.72. The Morgan fingerprint density at radius 2 is 2.24 bits per heavy atom. The minimum atomic E-state index is -1.13. The number of benzene rings is 1. The van der Waals surface area contributed by atoms with Crippen LogP contribution in [-0.4, -0.2) is 36.4 Å². The van der Waals surface area contributed by atoms with Gasteiger partial charge in [0.1, 0.15) is 19.0 Å². The first-order valence-electron chi connectivity index (χ1n) is 6.14. The molecule has 1 atom stereocenters. The molecule has 1 unspecified atom stereocenters. The average molecular weight is 314 g/mol. The predicted molar refractivity (Wildman–Crippen MR) is 78.0 cm³/mol. The quantitative estimate of drug-likeness (QED) is 0.756. The minimum absolute atomic E-state index is 0.0198. The molecule has 0 radical (unpaired) electrons. The molecule has 0 spiro atoms. The van der Waals surface area contributed by atoms with Gasteiger partial charge in [-0.15, -0.1) is 0 Å². The summed E-state index contributed by atoms with van der Waals surface area (Å²) in [5, 5.41) is 11.5. The molecule has 1 aromatic carbocycles. The number of amides is 1. The summed E-state index contributed by atoms with van der Waals surface area (Å²) < 4.78 is 10.2. The van der Waals surface area contributed by atoms with Gasteiger partial charge in [-0.1, -0.05) is 30.3 Å². The van der Waals surface area contributed by atoms with E-state index in [9.17, 15) is 9.59 Å². The largest absolute Gasteiger partial charge is 0.490 e. The van der Waals surface area contributed by atoms with Gasteiger partial charge in [-0.2, -0.15) is 0 Å². The highest BCUT2D eigenvalue weighted by Gasteiger charge is 2.14. The maximum Gasteiger partial charge on any atom is 0.407 e. The molecule has 114 valence electrons. The molecule has 0 saturated heterocycles. The Balaban J connectivity index is 2.55. The zero-order valence-corrected chi connectivity index (χ0v) is 12.2. The molecule has 21 heavy (non-hydrogen) atoms. The van der Waals surface area contributed by atoms with Crippen LogP contribution in [0.3, 0.4) is 0 Å². The van der Waals surface area contributed by atoms with Gasteiger partial charge in [-0.3, -0.25) is 0 Å². The number of rotatable bonds is 7. The number of alkyl carbamates (subject to hydrolysis) is 1. The molecule has 1 rings (SSSR count). The van der Waals surface area contributed by atoms with Crippen molar-refractivity contribution in [3.8, 4) is 5.75 Å². The fraction of sp³-hybridized carbons (Fsp3) is 0.286. The number of carbonyl (C=O) groups excluding carboxylic acids is 1. The highest BCUT2D eigenvalue weighted by atomic mass is 35.5. The molecule has 0 saturated carbocycles. The van der Waals surface area contributed by atoms with Gasteiger partial charge in [0.2, 0.25) is 0 Å². The topological polar surface area (TPSA) is 84.9 Å². The van der Waals surface area contributed by atoms with Gasteiger partial charge in [0.25, 0.3) is 0 Å². The van der Waals surface area contributed by atoms with Gasteiger partial charge in [-0.05, 0) is 19.1 Å². The normalized spacial score (nSPS) is 11.3. The second-order valence-electron chi connectivity index (χ2n) is 4.17. The molecule has 0 aromatic heterocycles. The fourth-order valence-corrected chi connectivity index (χ4v) is 1.68. The highest BCUT2D eigenvalue weighted by Crippen LogP contribution is 2.28. The summed E-state index contributed by atoms with van der Waals surface area (Å²) in [5.74, 6) is -0.894. The zero-order valence-electron chi connectivity index (χ0n) is 11.5. The van der Waals surface area contributed by atoms with Gasteiger partial charge in [0.05, 0.1) is 16.6 Å². The third-order valence-electron chi connectivity index (χ3n) is 2.38. The van der Waals surface area contributed by atoms with E-state index in [-0.39, 0.29) is 35.6 Å². The van der Waals surface area contributed by atoms with Crippen molar-refractivity contribution in [3.63, 3.8) is 0 Å². The molecule has 7 heteroatoms. The van der Waals surface area contributed by atoms with Gasteiger partial charge in [-0.25, -0.2) is 9.59 Å². The maximum atomic E-state index is 11.3. The smallest absolute Gasteiger partial charge is 0.407 e. The summed E-state index contributed by atoms with van der Waals surface area (Å²) in [6.45, 7) is 5.37. The lowest BCUT2D eigenvalue weighted by Gasteiger charge is -2.15. The van der Waals surface area contributed by atoms with Gasteiger partial charge in [0.15, 0.2) is 0 Å². The van der Waals surface area contributed by atoms with Crippen molar-refractivity contribution in [3.05, 3.63) is 41.4 Å². The third-order valence-corrected chi connectivity index (χ3v) is 2.77. The molecule has 1 aromatic rings. The Morgan fingerprint density at radius 3 is 2.86 bits per heavy atom. The molecule has 0 aliphatic rings. The van der Waals surface area contributed by atoms with Crippen LogP contribution in [0.2, 0.25) is 5.02 Å². The number of hydrogen-bond donors (Lipinski definition) is 2. The summed E-state index contributed by atoms with van der Waals surface area (Å²) >= 11 is 5.93. The lowest BCUT2D eigenvalue weighted by molar-refractivity contribution is 0.0696. The van der Waals surface area contributed by atoms with Crippen molar-refractivity contribution in [1.29, 1.82) is 0 Å². The van der Waals surface area contributed by atoms with Crippen molar-refractivity contribution >= 4 is 23.7 Å². The van der Waals surface area contributed by atoms with E-state index in [0.29, 0.717) is 0 Å². The number of nitrogens with one attached hydrogen (secondary N) is 1. The van der Waals surface area contributed by atoms with E-state index in [1.54, 1.807) is 13.0 Å². The van der Waals surface area contributed by atoms with Crippen LogP contribution in [0.5, 0.6) is 5.75 Å². The van der Waals surface area contributed by atoms with E-state index in [1.165, 1.54) is 18.2 Å². The first-order valence-corrected chi connectivity index (χ1v) is 6.52. The Labute approximate surface area is 127 Å². The van der Waals surface area contributed by atoms with Crippen LogP contribution in [0, 0.1) is 0 Å². The van der Waals surface area contributed by atoms with Crippen LogP contribution >= 0.6 is 11.6 Å². The number of carboxylic acid groups (broad SMARTS) is 1. The Morgan fingerprint density at radius 1 is 1.52 bits per heavy atom. The summed E-state index contributed by atoms with van der Waals surface area (Å²) in [4.78, 5) is 22.2. The number of ether oxygens (including phenoxy) is 2. The number of aromatic carboxylic acids is 1. The number of carbonyl (C=O) groups is 2. The van der Waals surface area contributed by atoms with Gasteiger partial charge >= 0.3 is 12.1 Å². The zero-order chi connectivity index (χ0) is 15.8. The Kier molecular flexibility index (Phi) is 6.55. The van der Waals surface area contributed by atoms with Crippen molar-refractivity contribution in [2.75, 3.05) is 13.2 Å². The summed E-state index contributed by atoms with van der Waals surface area (Å²) in [7, 11) is 0. The third kappa shape index (κ3) is 5.35. The van der Waals surface area contributed by atoms with Gasteiger partial charge in [0, 0.05) is 0 Å². The van der Waals surface area contributed by atoms with Crippen LogP contribution in [0.25, 0.3) is 0 Å². The molecule has 0 bridgehead atoms. The number of hydrogen-bond acceptors (Lipinski definition) is 4. The number of carboxylic acids is 1. The summed E-state index contributed by atoms with van der Waals surface area (Å²) in [6, 6.07) is 4.12. The van der Waals surface area contributed by atoms with Crippen molar-refractivity contribution in [2.45, 2.75) is 13.0 Å². The first-order chi connectivity index (χ1) is 9.95. The van der Waals surface area contributed by atoms with Crippen LogP contribution in [0.4, 0.5) is 4.79 Å². The molecular weight excluding hydrogens is 298 g/mol. The maximum absolute atomic E-state index is 11.3. The summed E-state index contributed by atoms with van der Waals surface area (Å²) in [5.41, 5.74) is -0.0415. The lowest BCUT2D eigenvalue weighted by Crippen LogP contribution is -2.37. The second kappa shape index (κ2) is 8.16. The van der Waals surface area contributed by atoms with Crippen molar-refractivity contribution < 1.29 is 24.2 Å². The molecule has 0 heterocycles. The molecule has 0 fully saturated rings. The van der Waals surface area contributed by atoms with E-state index >= 15 is 0 Å². The lowest BCUT2D eigenvalue weighted by atomic mass is 10.2. The molecule has 1 amide bonds.